The number of allylic oxidation sites excluding steroid dienone is 4. The Hall–Kier alpha value is -2.82. The fraction of sp³-hybridized carbons (Fsp3) is 0.143. The quantitative estimate of drug-likeness (QED) is 0.649. The predicted molar refractivity (Wildman–Crippen MR) is 96.8 cm³/mol. The second kappa shape index (κ2) is 5.92. The van der Waals surface area contributed by atoms with E-state index < -0.39 is 6.29 Å². The van der Waals surface area contributed by atoms with Gasteiger partial charge < -0.3 is 20.4 Å². The fourth-order valence-electron chi connectivity index (χ4n) is 3.48. The van der Waals surface area contributed by atoms with E-state index in [1.54, 1.807) is 18.2 Å². The molecule has 0 saturated heterocycles. The van der Waals surface area contributed by atoms with Crippen LogP contribution in [0.25, 0.3) is 17.2 Å². The van der Waals surface area contributed by atoms with E-state index in [2.05, 4.69) is 12.1 Å². The van der Waals surface area contributed by atoms with Crippen molar-refractivity contribution in [1.29, 1.82) is 0 Å². The normalized spacial score (nSPS) is 18.4. The average molecular weight is 334 g/mol. The summed E-state index contributed by atoms with van der Waals surface area (Å²) >= 11 is 0. The van der Waals surface area contributed by atoms with Crippen molar-refractivity contribution in [1.82, 2.24) is 0 Å². The van der Waals surface area contributed by atoms with Crippen molar-refractivity contribution in [3.8, 4) is 11.5 Å². The second-order valence-corrected chi connectivity index (χ2v) is 6.41. The smallest absolute Gasteiger partial charge is 0.161 e. The number of benzene rings is 2. The zero-order valence-corrected chi connectivity index (χ0v) is 13.4. The Kier molecular flexibility index (Phi) is 3.71. The maximum atomic E-state index is 9.66. The van der Waals surface area contributed by atoms with Crippen LogP contribution in [0.2, 0.25) is 0 Å². The van der Waals surface area contributed by atoms with Crippen LogP contribution < -0.4 is 0 Å². The van der Waals surface area contributed by atoms with E-state index in [9.17, 15) is 20.4 Å². The van der Waals surface area contributed by atoms with Crippen LogP contribution >= 0.6 is 0 Å². The average Bonchev–Trinajstić information content (AvgIpc) is 3.20. The molecule has 4 nitrogen and oxygen atoms in total. The third kappa shape index (κ3) is 2.86. The summed E-state index contributed by atoms with van der Waals surface area (Å²) in [5, 5.41) is 38.2. The molecule has 0 saturated carbocycles. The predicted octanol–water partition coefficient (Wildman–Crippen LogP) is 3.39. The summed E-state index contributed by atoms with van der Waals surface area (Å²) in [7, 11) is 0. The minimum atomic E-state index is -1.39. The SMILES string of the molecule is Oc1cc(O)cc(C2=CCC(c3ccc4c(c3)C=CC4C(O)O)=C2)c1. The molecule has 0 bridgehead atoms. The van der Waals surface area contributed by atoms with Gasteiger partial charge in [0.05, 0.1) is 5.92 Å². The van der Waals surface area contributed by atoms with Gasteiger partial charge in [0.1, 0.15) is 11.5 Å². The highest BCUT2D eigenvalue weighted by Crippen LogP contribution is 2.38. The first-order valence-corrected chi connectivity index (χ1v) is 8.14. The van der Waals surface area contributed by atoms with Crippen LogP contribution in [0, 0.1) is 0 Å². The van der Waals surface area contributed by atoms with Crippen LogP contribution in [0.5, 0.6) is 11.5 Å². The van der Waals surface area contributed by atoms with Crippen molar-refractivity contribution in [2.75, 3.05) is 0 Å². The maximum absolute atomic E-state index is 9.66. The first kappa shape index (κ1) is 15.7. The lowest BCUT2D eigenvalue weighted by Crippen LogP contribution is -2.14. The Bertz CT molecular complexity index is 915. The molecule has 0 heterocycles. The third-order valence-corrected chi connectivity index (χ3v) is 4.73. The first-order chi connectivity index (χ1) is 12.0. The van der Waals surface area contributed by atoms with Crippen molar-refractivity contribution in [2.24, 2.45) is 0 Å². The summed E-state index contributed by atoms with van der Waals surface area (Å²) in [6, 6.07) is 10.5. The molecule has 4 N–H and O–H groups in total. The number of fused-ring (bicyclic) bond motifs is 1. The lowest BCUT2D eigenvalue weighted by molar-refractivity contribution is -0.0490. The number of phenols is 2. The Morgan fingerprint density at radius 3 is 2.40 bits per heavy atom. The van der Waals surface area contributed by atoms with Crippen molar-refractivity contribution in [3.05, 3.63) is 76.9 Å². The molecule has 4 rings (SSSR count). The molecular formula is C21H18O4. The topological polar surface area (TPSA) is 80.9 Å². The van der Waals surface area contributed by atoms with E-state index in [1.807, 2.05) is 24.3 Å². The molecule has 0 spiro atoms. The summed E-state index contributed by atoms with van der Waals surface area (Å²) in [5.74, 6) is -0.298. The van der Waals surface area contributed by atoms with E-state index >= 15 is 0 Å². The molecule has 4 heteroatoms. The molecule has 1 atom stereocenters. The maximum Gasteiger partial charge on any atom is 0.161 e. The standard InChI is InChI=1S/C21H18O4/c22-17-9-16(10-18(23)11-17)14-2-1-12(7-14)13-3-5-19-15(8-13)4-6-20(19)21(24)25/h2-11,20-25H,1H2. The molecule has 0 radical (unpaired) electrons. The zero-order valence-electron chi connectivity index (χ0n) is 13.4. The van der Waals surface area contributed by atoms with Gasteiger partial charge in [-0.2, -0.15) is 0 Å². The molecule has 1 unspecified atom stereocenters. The molecule has 2 aliphatic rings. The van der Waals surface area contributed by atoms with E-state index in [0.717, 1.165) is 39.8 Å². The van der Waals surface area contributed by atoms with Crippen LogP contribution in [0.3, 0.4) is 0 Å². The van der Waals surface area contributed by atoms with Crippen molar-refractivity contribution in [2.45, 2.75) is 18.6 Å². The Morgan fingerprint density at radius 2 is 1.68 bits per heavy atom. The van der Waals surface area contributed by atoms with Gasteiger partial charge in [0, 0.05) is 6.07 Å². The van der Waals surface area contributed by atoms with Gasteiger partial charge in [-0.25, -0.2) is 0 Å². The third-order valence-electron chi connectivity index (χ3n) is 4.73. The summed E-state index contributed by atoms with van der Waals surface area (Å²) in [6.45, 7) is 0. The van der Waals surface area contributed by atoms with E-state index in [4.69, 9.17) is 0 Å². The zero-order chi connectivity index (χ0) is 17.6. The molecule has 25 heavy (non-hydrogen) atoms. The minimum Gasteiger partial charge on any atom is -0.508 e. The molecule has 2 aromatic carbocycles. The van der Waals surface area contributed by atoms with Crippen molar-refractivity contribution < 1.29 is 20.4 Å². The van der Waals surface area contributed by atoms with Gasteiger partial charge in [0.25, 0.3) is 0 Å². The highest BCUT2D eigenvalue weighted by molar-refractivity contribution is 5.90. The second-order valence-electron chi connectivity index (χ2n) is 6.41. The van der Waals surface area contributed by atoms with Crippen molar-refractivity contribution >= 4 is 17.2 Å². The first-order valence-electron chi connectivity index (χ1n) is 8.14. The number of aliphatic hydroxyl groups excluding tert-OH is 1. The van der Waals surface area contributed by atoms with E-state index in [1.165, 1.54) is 6.07 Å². The Balaban J connectivity index is 1.63. The van der Waals surface area contributed by atoms with Gasteiger partial charge in [-0.3, -0.25) is 0 Å². The van der Waals surface area contributed by atoms with Crippen molar-refractivity contribution in [3.63, 3.8) is 0 Å². The van der Waals surface area contributed by atoms with Gasteiger partial charge in [0.15, 0.2) is 6.29 Å². The monoisotopic (exact) mass is 334 g/mol. The highest BCUT2D eigenvalue weighted by atomic mass is 16.5. The highest BCUT2D eigenvalue weighted by Gasteiger charge is 2.23. The molecule has 2 aromatic rings. The summed E-state index contributed by atoms with van der Waals surface area (Å²) < 4.78 is 0. The van der Waals surface area contributed by atoms with Gasteiger partial charge in [-0.05, 0) is 58.0 Å². The molecule has 0 amide bonds. The van der Waals surface area contributed by atoms with Crippen LogP contribution in [-0.4, -0.2) is 26.7 Å². The molecule has 2 aliphatic carbocycles. The number of aromatic hydroxyl groups is 2. The van der Waals surface area contributed by atoms with E-state index in [0.29, 0.717) is 0 Å². The summed E-state index contributed by atoms with van der Waals surface area (Å²) in [4.78, 5) is 0. The Labute approximate surface area is 145 Å². The Morgan fingerprint density at radius 1 is 0.920 bits per heavy atom. The lowest BCUT2D eigenvalue weighted by atomic mass is 9.95. The molecule has 0 fully saturated rings. The van der Waals surface area contributed by atoms with Crippen LogP contribution in [0.15, 0.2) is 54.6 Å². The number of hydrogen-bond acceptors (Lipinski definition) is 4. The van der Waals surface area contributed by atoms with Gasteiger partial charge in [0.2, 0.25) is 0 Å². The molecule has 126 valence electrons. The number of phenolic OH excluding ortho intramolecular Hbond substituents is 2. The number of aliphatic hydroxyl groups is 2. The van der Waals surface area contributed by atoms with Crippen LogP contribution in [0.1, 0.15) is 34.6 Å². The molecule has 0 aliphatic heterocycles. The largest absolute Gasteiger partial charge is 0.508 e. The van der Waals surface area contributed by atoms with Gasteiger partial charge in [-0.15, -0.1) is 0 Å². The van der Waals surface area contributed by atoms with Crippen LogP contribution in [-0.2, 0) is 0 Å². The van der Waals surface area contributed by atoms with E-state index in [-0.39, 0.29) is 17.4 Å². The van der Waals surface area contributed by atoms with Crippen LogP contribution in [0.4, 0.5) is 0 Å². The summed E-state index contributed by atoms with van der Waals surface area (Å²) in [5.41, 5.74) is 5.87. The molecule has 0 aromatic heterocycles. The molecular weight excluding hydrogens is 316 g/mol. The lowest BCUT2D eigenvalue weighted by Gasteiger charge is -2.14. The summed E-state index contributed by atoms with van der Waals surface area (Å²) in [6.07, 6.45) is 7.21. The minimum absolute atomic E-state index is 0.0361. The van der Waals surface area contributed by atoms with Gasteiger partial charge in [-0.1, -0.05) is 36.4 Å². The van der Waals surface area contributed by atoms with Gasteiger partial charge >= 0.3 is 0 Å². The number of rotatable bonds is 3. The fourth-order valence-corrected chi connectivity index (χ4v) is 3.48. The number of hydrogen-bond donors (Lipinski definition) is 4.